The van der Waals surface area contributed by atoms with Crippen LogP contribution in [0.1, 0.15) is 25.3 Å². The molecule has 1 aromatic carbocycles. The summed E-state index contributed by atoms with van der Waals surface area (Å²) < 4.78 is 9.80. The molecule has 0 fully saturated rings. The summed E-state index contributed by atoms with van der Waals surface area (Å²) in [5, 5.41) is 0. The number of benzene rings is 1. The summed E-state index contributed by atoms with van der Waals surface area (Å²) >= 11 is 0. The van der Waals surface area contributed by atoms with E-state index in [-0.39, 0.29) is 0 Å². The molecule has 1 aromatic rings. The van der Waals surface area contributed by atoms with Crippen LogP contribution in [-0.4, -0.2) is 31.9 Å². The summed E-state index contributed by atoms with van der Waals surface area (Å²) in [4.78, 5) is 28.9. The van der Waals surface area contributed by atoms with Gasteiger partial charge in [0.15, 0.2) is 0 Å². The van der Waals surface area contributed by atoms with Crippen molar-refractivity contribution in [2.75, 3.05) is 20.0 Å². The number of anilines is 1. The van der Waals surface area contributed by atoms with Crippen LogP contribution in [0.15, 0.2) is 40.5 Å². The monoisotopic (exact) mass is 316 g/mol. The van der Waals surface area contributed by atoms with E-state index in [9.17, 15) is 9.59 Å². The van der Waals surface area contributed by atoms with Gasteiger partial charge in [-0.05, 0) is 31.5 Å². The molecular weight excluding hydrogens is 296 g/mol. The molecule has 1 aliphatic rings. The van der Waals surface area contributed by atoms with Gasteiger partial charge in [0, 0.05) is 23.0 Å². The van der Waals surface area contributed by atoms with Crippen molar-refractivity contribution in [2.45, 2.75) is 19.8 Å². The van der Waals surface area contributed by atoms with Crippen molar-refractivity contribution < 1.29 is 19.1 Å². The highest BCUT2D eigenvalue weighted by atomic mass is 16.5. The second-order valence-corrected chi connectivity index (χ2v) is 5.39. The lowest BCUT2D eigenvalue weighted by Gasteiger charge is -2.31. The standard InChI is InChI=1S/C17H20N2O4/c1-9-13(16(20)22-3)15(11-6-5-7-12(18)8-11)14(10(2)19-9)17(21)23-4/h5-8,13,15H,18H2,1-4H3. The molecule has 0 saturated heterocycles. The Morgan fingerprint density at radius 3 is 2.43 bits per heavy atom. The molecule has 1 aliphatic heterocycles. The Kier molecular flexibility index (Phi) is 4.83. The van der Waals surface area contributed by atoms with Gasteiger partial charge < -0.3 is 15.2 Å². The van der Waals surface area contributed by atoms with Crippen LogP contribution < -0.4 is 5.73 Å². The van der Waals surface area contributed by atoms with Crippen LogP contribution in [0.2, 0.25) is 0 Å². The number of allylic oxidation sites excluding steroid dienone is 1. The van der Waals surface area contributed by atoms with Gasteiger partial charge in [0.1, 0.15) is 5.92 Å². The Labute approximate surface area is 135 Å². The van der Waals surface area contributed by atoms with Gasteiger partial charge in [-0.15, -0.1) is 0 Å². The molecule has 2 rings (SSSR count). The van der Waals surface area contributed by atoms with Crippen molar-refractivity contribution >= 4 is 23.3 Å². The van der Waals surface area contributed by atoms with E-state index in [4.69, 9.17) is 15.2 Å². The van der Waals surface area contributed by atoms with Crippen molar-refractivity contribution in [3.63, 3.8) is 0 Å². The van der Waals surface area contributed by atoms with Crippen LogP contribution in [0.25, 0.3) is 0 Å². The minimum Gasteiger partial charge on any atom is -0.468 e. The van der Waals surface area contributed by atoms with E-state index in [0.29, 0.717) is 22.7 Å². The van der Waals surface area contributed by atoms with E-state index < -0.39 is 23.8 Å². The maximum Gasteiger partial charge on any atom is 0.336 e. The number of esters is 2. The van der Waals surface area contributed by atoms with Crippen LogP contribution in [-0.2, 0) is 19.1 Å². The van der Waals surface area contributed by atoms with Crippen LogP contribution >= 0.6 is 0 Å². The molecule has 2 unspecified atom stereocenters. The van der Waals surface area contributed by atoms with Gasteiger partial charge in [-0.2, -0.15) is 0 Å². The lowest BCUT2D eigenvalue weighted by atomic mass is 9.75. The van der Waals surface area contributed by atoms with Gasteiger partial charge in [0.05, 0.1) is 19.8 Å². The number of hydrogen-bond acceptors (Lipinski definition) is 6. The number of ether oxygens (including phenoxy) is 2. The number of nitrogens with two attached hydrogens (primary N) is 1. The van der Waals surface area contributed by atoms with E-state index >= 15 is 0 Å². The molecule has 0 radical (unpaired) electrons. The zero-order valence-corrected chi connectivity index (χ0v) is 13.6. The third kappa shape index (κ3) is 3.11. The maximum atomic E-state index is 12.3. The zero-order valence-electron chi connectivity index (χ0n) is 13.6. The summed E-state index contributed by atoms with van der Waals surface area (Å²) in [5.41, 5.74) is 8.63. The smallest absolute Gasteiger partial charge is 0.336 e. The first-order chi connectivity index (χ1) is 10.9. The van der Waals surface area contributed by atoms with E-state index in [0.717, 1.165) is 5.56 Å². The minimum absolute atomic E-state index is 0.346. The molecule has 6 heteroatoms. The molecule has 0 aromatic heterocycles. The number of hydrogen-bond donors (Lipinski definition) is 1. The lowest BCUT2D eigenvalue weighted by Crippen LogP contribution is -2.36. The fraction of sp³-hybridized carbons (Fsp3) is 0.353. The SMILES string of the molecule is COC(=O)C1=C(C)N=C(C)C(C(=O)OC)C1c1cccc(N)c1. The largest absolute Gasteiger partial charge is 0.468 e. The fourth-order valence-electron chi connectivity index (χ4n) is 2.96. The number of aliphatic imine (C=N–C) groups is 1. The molecule has 122 valence electrons. The summed E-state index contributed by atoms with van der Waals surface area (Å²) in [6, 6.07) is 7.10. The summed E-state index contributed by atoms with van der Waals surface area (Å²) in [6.07, 6.45) is 0. The van der Waals surface area contributed by atoms with Crippen LogP contribution in [0.3, 0.4) is 0 Å². The fourth-order valence-corrected chi connectivity index (χ4v) is 2.96. The average molecular weight is 316 g/mol. The Morgan fingerprint density at radius 1 is 1.17 bits per heavy atom. The average Bonchev–Trinajstić information content (AvgIpc) is 2.52. The first kappa shape index (κ1) is 16.7. The molecule has 0 amide bonds. The second kappa shape index (κ2) is 6.64. The first-order valence-electron chi connectivity index (χ1n) is 7.18. The number of carbonyl (C=O) groups excluding carboxylic acids is 2. The highest BCUT2D eigenvalue weighted by Crippen LogP contribution is 2.40. The highest BCUT2D eigenvalue weighted by Gasteiger charge is 2.42. The molecule has 0 aliphatic carbocycles. The summed E-state index contributed by atoms with van der Waals surface area (Å²) in [5.74, 6) is -2.21. The van der Waals surface area contributed by atoms with E-state index in [1.54, 1.807) is 32.0 Å². The second-order valence-electron chi connectivity index (χ2n) is 5.39. The summed E-state index contributed by atoms with van der Waals surface area (Å²) in [7, 11) is 2.62. The van der Waals surface area contributed by atoms with Crippen LogP contribution in [0.4, 0.5) is 5.69 Å². The Balaban J connectivity index is 2.68. The van der Waals surface area contributed by atoms with Crippen molar-refractivity contribution in [3.8, 4) is 0 Å². The third-order valence-electron chi connectivity index (χ3n) is 3.96. The van der Waals surface area contributed by atoms with Crippen molar-refractivity contribution in [2.24, 2.45) is 10.9 Å². The lowest BCUT2D eigenvalue weighted by molar-refractivity contribution is -0.143. The number of nitrogen functional groups attached to an aromatic ring is 1. The Morgan fingerprint density at radius 2 is 1.87 bits per heavy atom. The number of carbonyl (C=O) groups is 2. The van der Waals surface area contributed by atoms with E-state index in [1.807, 2.05) is 6.07 Å². The van der Waals surface area contributed by atoms with Gasteiger partial charge in [0.2, 0.25) is 0 Å². The molecule has 1 heterocycles. The van der Waals surface area contributed by atoms with Crippen LogP contribution in [0, 0.1) is 5.92 Å². The molecule has 2 atom stereocenters. The van der Waals surface area contributed by atoms with Crippen molar-refractivity contribution in [1.82, 2.24) is 0 Å². The highest BCUT2D eigenvalue weighted by molar-refractivity contribution is 6.06. The minimum atomic E-state index is -0.695. The van der Waals surface area contributed by atoms with Gasteiger partial charge >= 0.3 is 11.9 Å². The first-order valence-corrected chi connectivity index (χ1v) is 7.18. The predicted octanol–water partition coefficient (Wildman–Crippen LogP) is 2.06. The Bertz CT molecular complexity index is 706. The number of rotatable bonds is 3. The molecule has 6 nitrogen and oxygen atoms in total. The van der Waals surface area contributed by atoms with Crippen molar-refractivity contribution in [1.29, 1.82) is 0 Å². The molecule has 2 N–H and O–H groups in total. The normalized spacial score (nSPS) is 20.8. The van der Waals surface area contributed by atoms with Gasteiger partial charge in [-0.3, -0.25) is 9.79 Å². The number of methoxy groups -OCH3 is 2. The van der Waals surface area contributed by atoms with Gasteiger partial charge in [-0.25, -0.2) is 4.79 Å². The third-order valence-corrected chi connectivity index (χ3v) is 3.96. The van der Waals surface area contributed by atoms with Crippen molar-refractivity contribution in [3.05, 3.63) is 41.1 Å². The van der Waals surface area contributed by atoms with E-state index in [1.165, 1.54) is 14.2 Å². The Hall–Kier alpha value is -2.63. The van der Waals surface area contributed by atoms with Gasteiger partial charge in [0.25, 0.3) is 0 Å². The molecule has 0 bridgehead atoms. The van der Waals surface area contributed by atoms with Crippen LogP contribution in [0.5, 0.6) is 0 Å². The maximum absolute atomic E-state index is 12.3. The van der Waals surface area contributed by atoms with E-state index in [2.05, 4.69) is 4.99 Å². The molecule has 0 saturated carbocycles. The topological polar surface area (TPSA) is 91.0 Å². The summed E-state index contributed by atoms with van der Waals surface area (Å²) in [6.45, 7) is 3.47. The number of nitrogens with zero attached hydrogens (tertiary/aromatic N) is 1. The molecular formula is C17H20N2O4. The molecule has 0 spiro atoms. The quantitative estimate of drug-likeness (QED) is 0.681. The predicted molar refractivity (Wildman–Crippen MR) is 86.9 cm³/mol. The molecule has 23 heavy (non-hydrogen) atoms. The van der Waals surface area contributed by atoms with Gasteiger partial charge in [-0.1, -0.05) is 12.1 Å². The zero-order chi connectivity index (χ0) is 17.1.